The minimum Gasteiger partial charge on any atom is -0.466 e. The maximum atomic E-state index is 12.4. The van der Waals surface area contributed by atoms with Crippen LogP contribution in [0.25, 0.3) is 0 Å². The van der Waals surface area contributed by atoms with Gasteiger partial charge in [0.05, 0.1) is 5.56 Å². The first-order valence-electron chi connectivity index (χ1n) is 7.78. The molecule has 0 radical (unpaired) electrons. The van der Waals surface area contributed by atoms with E-state index in [9.17, 15) is 4.79 Å². The molecule has 0 saturated carbocycles. The van der Waals surface area contributed by atoms with E-state index < -0.39 is 0 Å². The van der Waals surface area contributed by atoms with E-state index in [1.807, 2.05) is 26.8 Å². The second kappa shape index (κ2) is 5.87. The Labute approximate surface area is 131 Å². The van der Waals surface area contributed by atoms with Gasteiger partial charge in [0.15, 0.2) is 0 Å². The lowest BCUT2D eigenvalue weighted by atomic mass is 10.1. The highest BCUT2D eigenvalue weighted by Crippen LogP contribution is 2.26. The molecule has 22 heavy (non-hydrogen) atoms. The molecule has 4 heteroatoms. The highest BCUT2D eigenvalue weighted by Gasteiger charge is 2.16. The van der Waals surface area contributed by atoms with Crippen molar-refractivity contribution in [1.29, 1.82) is 0 Å². The van der Waals surface area contributed by atoms with Crippen LogP contribution in [0, 0.1) is 20.8 Å². The fourth-order valence-electron chi connectivity index (χ4n) is 3.01. The second-order valence-corrected chi connectivity index (χ2v) is 5.97. The van der Waals surface area contributed by atoms with Crippen LogP contribution in [0.15, 0.2) is 28.7 Å². The highest BCUT2D eigenvalue weighted by molar-refractivity contribution is 6.05. The summed E-state index contributed by atoms with van der Waals surface area (Å²) in [7, 11) is 0. The number of carbonyl (C=O) groups is 1. The third-order valence-corrected chi connectivity index (χ3v) is 4.22. The van der Waals surface area contributed by atoms with Crippen molar-refractivity contribution in [3.05, 3.63) is 46.9 Å². The summed E-state index contributed by atoms with van der Waals surface area (Å²) in [5, 5.41) is 2.98. The Morgan fingerprint density at radius 1 is 1.14 bits per heavy atom. The van der Waals surface area contributed by atoms with Crippen molar-refractivity contribution >= 4 is 17.3 Å². The first-order valence-corrected chi connectivity index (χ1v) is 7.78. The monoisotopic (exact) mass is 298 g/mol. The average Bonchev–Trinajstić information content (AvgIpc) is 3.10. The van der Waals surface area contributed by atoms with Crippen molar-refractivity contribution in [3.8, 4) is 0 Å². The van der Waals surface area contributed by atoms with E-state index in [0.717, 1.165) is 30.1 Å². The Bertz CT molecular complexity index is 697. The zero-order chi connectivity index (χ0) is 15.7. The van der Waals surface area contributed by atoms with Crippen LogP contribution in [0.3, 0.4) is 0 Å². The van der Waals surface area contributed by atoms with E-state index in [1.165, 1.54) is 18.5 Å². The van der Waals surface area contributed by atoms with E-state index in [4.69, 9.17) is 4.42 Å². The lowest BCUT2D eigenvalue weighted by Gasteiger charge is -2.19. The standard InChI is InChI=1S/C18H22N2O2/c1-12-10-15(20-8-4-5-9-20)6-7-17(12)19-18(21)16-11-13(2)22-14(16)3/h6-7,10-11H,4-5,8-9H2,1-3H3,(H,19,21). The molecule has 1 amide bonds. The molecule has 0 unspecified atom stereocenters. The first-order chi connectivity index (χ1) is 10.5. The normalized spacial score (nSPS) is 14.4. The number of nitrogens with zero attached hydrogens (tertiary/aromatic N) is 1. The number of hydrogen-bond acceptors (Lipinski definition) is 3. The molecule has 1 aliphatic rings. The molecule has 4 nitrogen and oxygen atoms in total. The molecule has 0 spiro atoms. The number of hydrogen-bond donors (Lipinski definition) is 1. The molecule has 1 saturated heterocycles. The van der Waals surface area contributed by atoms with Crippen LogP contribution >= 0.6 is 0 Å². The van der Waals surface area contributed by atoms with Crippen molar-refractivity contribution < 1.29 is 9.21 Å². The molecule has 0 atom stereocenters. The van der Waals surface area contributed by atoms with E-state index in [-0.39, 0.29) is 5.91 Å². The van der Waals surface area contributed by atoms with Crippen LogP contribution in [0.1, 0.15) is 40.3 Å². The van der Waals surface area contributed by atoms with Gasteiger partial charge in [-0.1, -0.05) is 0 Å². The number of furan rings is 1. The predicted octanol–water partition coefficient (Wildman–Crippen LogP) is 4.06. The predicted molar refractivity (Wildman–Crippen MR) is 88.8 cm³/mol. The summed E-state index contributed by atoms with van der Waals surface area (Å²) in [6.07, 6.45) is 2.52. The van der Waals surface area contributed by atoms with Crippen LogP contribution in [0.2, 0.25) is 0 Å². The van der Waals surface area contributed by atoms with Gasteiger partial charge in [-0.3, -0.25) is 4.79 Å². The van der Waals surface area contributed by atoms with Crippen molar-refractivity contribution in [2.75, 3.05) is 23.3 Å². The molecule has 2 heterocycles. The van der Waals surface area contributed by atoms with Crippen LogP contribution in [-0.2, 0) is 0 Å². The van der Waals surface area contributed by atoms with Crippen LogP contribution in [0.5, 0.6) is 0 Å². The van der Waals surface area contributed by atoms with Gasteiger partial charge in [0.2, 0.25) is 0 Å². The van der Waals surface area contributed by atoms with E-state index >= 15 is 0 Å². The van der Waals surface area contributed by atoms with Gasteiger partial charge in [-0.2, -0.15) is 0 Å². The lowest BCUT2D eigenvalue weighted by molar-refractivity contribution is 0.102. The quantitative estimate of drug-likeness (QED) is 0.929. The molecule has 1 aliphatic heterocycles. The second-order valence-electron chi connectivity index (χ2n) is 5.97. The molecular formula is C18H22N2O2. The molecule has 116 valence electrons. The van der Waals surface area contributed by atoms with E-state index in [1.54, 1.807) is 6.07 Å². The summed E-state index contributed by atoms with van der Waals surface area (Å²) in [6, 6.07) is 8.00. The van der Waals surface area contributed by atoms with Gasteiger partial charge in [-0.25, -0.2) is 0 Å². The molecule has 1 fully saturated rings. The van der Waals surface area contributed by atoms with Gasteiger partial charge in [0, 0.05) is 24.5 Å². The van der Waals surface area contributed by atoms with E-state index in [0.29, 0.717) is 11.3 Å². The summed E-state index contributed by atoms with van der Waals surface area (Å²) in [6.45, 7) is 7.94. The van der Waals surface area contributed by atoms with E-state index in [2.05, 4.69) is 22.3 Å². The number of benzene rings is 1. The zero-order valence-corrected chi connectivity index (χ0v) is 13.4. The van der Waals surface area contributed by atoms with Crippen LogP contribution < -0.4 is 10.2 Å². The minimum atomic E-state index is -0.119. The largest absolute Gasteiger partial charge is 0.466 e. The number of amides is 1. The SMILES string of the molecule is Cc1cc(C(=O)Nc2ccc(N3CCCC3)cc2C)c(C)o1. The smallest absolute Gasteiger partial charge is 0.259 e. The van der Waals surface area contributed by atoms with Gasteiger partial charge in [0.1, 0.15) is 11.5 Å². The topological polar surface area (TPSA) is 45.5 Å². The van der Waals surface area contributed by atoms with Crippen molar-refractivity contribution in [2.45, 2.75) is 33.6 Å². The summed E-state index contributed by atoms with van der Waals surface area (Å²) < 4.78 is 5.42. The molecule has 1 aromatic carbocycles. The Kier molecular flexibility index (Phi) is 3.92. The summed E-state index contributed by atoms with van der Waals surface area (Å²) in [5.41, 5.74) is 3.77. The fourth-order valence-corrected chi connectivity index (χ4v) is 3.01. The number of anilines is 2. The lowest BCUT2D eigenvalue weighted by Crippen LogP contribution is -2.18. The molecule has 0 aliphatic carbocycles. The third-order valence-electron chi connectivity index (χ3n) is 4.22. The fraction of sp³-hybridized carbons (Fsp3) is 0.389. The van der Waals surface area contributed by atoms with Crippen molar-refractivity contribution in [1.82, 2.24) is 0 Å². The molecule has 1 aromatic heterocycles. The molecule has 1 N–H and O–H groups in total. The maximum Gasteiger partial charge on any atom is 0.259 e. The number of nitrogens with one attached hydrogen (secondary N) is 1. The van der Waals surface area contributed by atoms with Gasteiger partial charge in [-0.05, 0) is 63.4 Å². The van der Waals surface area contributed by atoms with Gasteiger partial charge in [0.25, 0.3) is 5.91 Å². The zero-order valence-electron chi connectivity index (χ0n) is 13.4. The Morgan fingerprint density at radius 3 is 2.45 bits per heavy atom. The Balaban J connectivity index is 1.77. The summed E-state index contributed by atoms with van der Waals surface area (Å²) in [4.78, 5) is 14.8. The third kappa shape index (κ3) is 2.86. The average molecular weight is 298 g/mol. The van der Waals surface area contributed by atoms with Gasteiger partial charge in [-0.15, -0.1) is 0 Å². The van der Waals surface area contributed by atoms with Gasteiger partial charge >= 0.3 is 0 Å². The Morgan fingerprint density at radius 2 is 1.86 bits per heavy atom. The summed E-state index contributed by atoms with van der Waals surface area (Å²) >= 11 is 0. The Hall–Kier alpha value is -2.23. The number of aryl methyl sites for hydroxylation is 3. The first kappa shape index (κ1) is 14.7. The number of carbonyl (C=O) groups excluding carboxylic acids is 1. The molecule has 0 bridgehead atoms. The molecular weight excluding hydrogens is 276 g/mol. The van der Waals surface area contributed by atoms with Crippen molar-refractivity contribution in [3.63, 3.8) is 0 Å². The maximum absolute atomic E-state index is 12.4. The number of rotatable bonds is 3. The highest BCUT2D eigenvalue weighted by atomic mass is 16.3. The summed E-state index contributed by atoms with van der Waals surface area (Å²) in [5.74, 6) is 1.29. The molecule has 3 rings (SSSR count). The van der Waals surface area contributed by atoms with Gasteiger partial charge < -0.3 is 14.6 Å². The molecule has 2 aromatic rings. The van der Waals surface area contributed by atoms with Crippen LogP contribution in [-0.4, -0.2) is 19.0 Å². The van der Waals surface area contributed by atoms with Crippen LogP contribution in [0.4, 0.5) is 11.4 Å². The minimum absolute atomic E-state index is 0.119. The van der Waals surface area contributed by atoms with Crippen molar-refractivity contribution in [2.24, 2.45) is 0 Å².